The molecule has 11 aliphatic heterocycles. The molecule has 662 valence electrons. The summed E-state index contributed by atoms with van der Waals surface area (Å²) in [7, 11) is 8.83. The number of hydrogen-bond donors (Lipinski definition) is 6. The number of nitrogens with zero attached hydrogens (tertiary/aromatic N) is 10. The van der Waals surface area contributed by atoms with Gasteiger partial charge in [-0.2, -0.15) is 0 Å². The van der Waals surface area contributed by atoms with Gasteiger partial charge in [0.15, 0.2) is 0 Å². The van der Waals surface area contributed by atoms with Crippen LogP contribution in [-0.2, 0) is 28.5 Å². The molecule has 11 aliphatic rings. The highest BCUT2D eigenvalue weighted by Crippen LogP contribution is 2.38. The molecule has 11 saturated heterocycles. The van der Waals surface area contributed by atoms with Gasteiger partial charge in [0, 0.05) is 219 Å². The molecular weight excluding hydrogens is 1410 g/mol. The Hall–Kier alpha value is -1.40. The zero-order chi connectivity index (χ0) is 85.0. The van der Waals surface area contributed by atoms with Gasteiger partial charge in [0.2, 0.25) is 5.91 Å². The summed E-state index contributed by atoms with van der Waals surface area (Å²) in [6.45, 7) is 78.5. The molecule has 11 heterocycles. The number of amides is 1. The molecule has 0 radical (unpaired) electrons. The molecular formula is C88H182FN11O11. The van der Waals surface area contributed by atoms with Crippen molar-refractivity contribution in [3.05, 3.63) is 0 Å². The Kier molecular flexibility index (Phi) is 47.0. The number of methoxy groups -OCH3 is 5. The maximum absolute atomic E-state index is 13.4. The fourth-order valence-corrected chi connectivity index (χ4v) is 16.7. The average Bonchev–Trinajstić information content (AvgIpc) is 1.66. The minimum absolute atomic E-state index is 0.0235. The Morgan fingerprint density at radius 1 is 0.369 bits per heavy atom. The molecule has 11 fully saturated rings. The Morgan fingerprint density at radius 2 is 0.730 bits per heavy atom. The van der Waals surface area contributed by atoms with E-state index in [1.54, 1.807) is 28.4 Å². The first-order chi connectivity index (χ1) is 51.3. The van der Waals surface area contributed by atoms with E-state index in [0.29, 0.717) is 66.8 Å². The van der Waals surface area contributed by atoms with E-state index in [9.17, 15) is 24.5 Å². The molecule has 0 aliphatic carbocycles. The highest BCUT2D eigenvalue weighted by Gasteiger charge is 2.48. The van der Waals surface area contributed by atoms with Crippen LogP contribution in [0.1, 0.15) is 258 Å². The van der Waals surface area contributed by atoms with E-state index in [4.69, 9.17) is 33.9 Å². The van der Waals surface area contributed by atoms with Gasteiger partial charge < -0.3 is 59.4 Å². The summed E-state index contributed by atoms with van der Waals surface area (Å²) in [6, 6.07) is 5.86. The van der Waals surface area contributed by atoms with Gasteiger partial charge in [-0.05, 0) is 263 Å². The number of hydrogen-bond acceptors (Lipinski definition) is 21. The quantitative estimate of drug-likeness (QED) is 0.0901. The van der Waals surface area contributed by atoms with E-state index in [2.05, 4.69) is 207 Å². The minimum Gasteiger partial charge on any atom is -0.392 e. The fourth-order valence-electron chi connectivity index (χ4n) is 16.7. The van der Waals surface area contributed by atoms with Crippen molar-refractivity contribution in [2.45, 2.75) is 383 Å². The summed E-state index contributed by atoms with van der Waals surface area (Å²) in [4.78, 5) is 35.2. The van der Waals surface area contributed by atoms with Gasteiger partial charge in [0.05, 0.1) is 58.3 Å². The smallest absolute Gasteiger partial charge is 0.227 e. The lowest BCUT2D eigenvalue weighted by Gasteiger charge is -2.42. The van der Waals surface area contributed by atoms with Crippen molar-refractivity contribution < 1.29 is 58.4 Å². The molecule has 1 spiro atoms. The molecule has 0 aromatic carbocycles. The van der Waals surface area contributed by atoms with Crippen LogP contribution in [-0.4, -0.2) is 379 Å². The van der Waals surface area contributed by atoms with Gasteiger partial charge in [-0.1, -0.05) is 13.8 Å². The number of rotatable bonds is 15. The van der Waals surface area contributed by atoms with Gasteiger partial charge in [-0.3, -0.25) is 48.9 Å². The molecule has 1 amide bonds. The van der Waals surface area contributed by atoms with Crippen molar-refractivity contribution >= 4 is 5.91 Å². The van der Waals surface area contributed by atoms with Gasteiger partial charge in [0.1, 0.15) is 11.8 Å². The first-order valence-electron chi connectivity index (χ1n) is 43.8. The molecule has 6 N–H and O–H groups in total. The third kappa shape index (κ3) is 37.4. The summed E-state index contributed by atoms with van der Waals surface area (Å²) < 4.78 is 40.4. The Balaban J connectivity index is 0.000000419. The number of aliphatic hydroxyl groups is 5. The van der Waals surface area contributed by atoms with E-state index >= 15 is 0 Å². The van der Waals surface area contributed by atoms with Crippen LogP contribution in [0.5, 0.6) is 0 Å². The summed E-state index contributed by atoms with van der Waals surface area (Å²) in [5, 5.41) is 50.2. The van der Waals surface area contributed by atoms with Crippen LogP contribution in [0.15, 0.2) is 0 Å². The zero-order valence-electron chi connectivity index (χ0n) is 77.9. The van der Waals surface area contributed by atoms with E-state index in [0.717, 1.165) is 189 Å². The maximum Gasteiger partial charge on any atom is 0.227 e. The highest BCUT2D eigenvalue weighted by atomic mass is 19.1. The molecule has 0 bridgehead atoms. The number of alkyl halides is 1. The van der Waals surface area contributed by atoms with Gasteiger partial charge in [0.25, 0.3) is 0 Å². The molecule has 0 aromatic heterocycles. The monoisotopic (exact) mass is 1590 g/mol. The lowest BCUT2D eigenvalue weighted by Crippen LogP contribution is -2.49. The third-order valence-corrected chi connectivity index (χ3v) is 25.6. The number of piperidine rings is 3. The normalized spacial score (nSPS) is 33.4. The lowest BCUT2D eigenvalue weighted by molar-refractivity contribution is -0.127. The van der Waals surface area contributed by atoms with Crippen LogP contribution in [0.4, 0.5) is 4.39 Å². The first kappa shape index (κ1) is 106. The van der Waals surface area contributed by atoms with Crippen molar-refractivity contribution in [2.24, 2.45) is 10.8 Å². The van der Waals surface area contributed by atoms with E-state index in [1.807, 2.05) is 41.7 Å². The third-order valence-electron chi connectivity index (χ3n) is 25.6. The van der Waals surface area contributed by atoms with Gasteiger partial charge >= 0.3 is 0 Å². The number of aliphatic hydroxyl groups excluding tert-OH is 2. The average molecular weight is 1590 g/mol. The summed E-state index contributed by atoms with van der Waals surface area (Å²) in [5.41, 5.74) is -1.51. The summed E-state index contributed by atoms with van der Waals surface area (Å²) in [5.74, 6) is 0.288. The SMILES string of the molecule is CC(C)N1CCC(F)C(C)(C)C1.CC(C)N1CCC2(CCNC2=O)C1.CC(C)N1CCC[C@@](C)(O)C1.CC(C)N1CCC[C@](C)(O)C1.CC(C)N1CC[C@@H](O)C1.CC(C)N1CC[C@@](C)(O)C1.CC(C)N1CC[C@H](O)C1.CO[C@H]1CN(C(C)C)C[C@@]1(C)OC.CO[C@H]1CN(C(C)C)C[C@H]1OC.CO[C@]1(C)CCN(C(C)C)C1. The molecule has 23 heteroatoms. The summed E-state index contributed by atoms with van der Waals surface area (Å²) in [6.07, 6.45) is 10.9. The Labute approximate surface area is 681 Å². The van der Waals surface area contributed by atoms with Crippen molar-refractivity contribution in [1.82, 2.24) is 54.3 Å². The lowest BCUT2D eigenvalue weighted by atomic mass is 9.82. The number of ether oxygens (including phenoxy) is 5. The predicted molar refractivity (Wildman–Crippen MR) is 459 cm³/mol. The maximum atomic E-state index is 13.4. The second-order valence-corrected chi connectivity index (χ2v) is 39.4. The van der Waals surface area contributed by atoms with E-state index in [-0.39, 0.29) is 58.5 Å². The summed E-state index contributed by atoms with van der Waals surface area (Å²) >= 11 is 0. The van der Waals surface area contributed by atoms with Crippen molar-refractivity contribution in [1.29, 1.82) is 0 Å². The van der Waals surface area contributed by atoms with Crippen LogP contribution in [0.3, 0.4) is 0 Å². The molecule has 111 heavy (non-hydrogen) atoms. The molecule has 0 saturated carbocycles. The molecule has 2 unspecified atom stereocenters. The highest BCUT2D eigenvalue weighted by molar-refractivity contribution is 5.85. The Bertz CT molecular complexity index is 2410. The number of carbonyl (C=O) groups is 1. The van der Waals surface area contributed by atoms with Crippen molar-refractivity contribution in [2.75, 3.05) is 173 Å². The largest absolute Gasteiger partial charge is 0.392 e. The van der Waals surface area contributed by atoms with Crippen LogP contribution in [0, 0.1) is 10.8 Å². The van der Waals surface area contributed by atoms with Crippen LogP contribution in [0.2, 0.25) is 0 Å². The van der Waals surface area contributed by atoms with Crippen LogP contribution in [0.25, 0.3) is 0 Å². The van der Waals surface area contributed by atoms with Gasteiger partial charge in [-0.25, -0.2) is 4.39 Å². The zero-order valence-corrected chi connectivity index (χ0v) is 77.9. The van der Waals surface area contributed by atoms with E-state index < -0.39 is 23.0 Å². The molecule has 22 nitrogen and oxygen atoms in total. The standard InChI is InChI=1S/C10H20FN.C10H18N2O.C10H21NO2.C9H19NO2.3C9H19NO.C8H17NO.2C7H15NO/c1-8(2)12-6-5-9(11)10(3,4)7-12;1-8(2)12-6-4-10(7-12)3-5-11-9(10)13;1-8(2)11-6-9(12-4)10(3,7-11)13-5;1-7(2)10-5-8(11-3)9(6-10)12-4;1-8(2)10-6-5-9(3,7-10)11-4;2*1-8(2)10-6-4-5-9(3,11)7-10;1-7(2)9-5-4-8(3,10)6-9;2*1-6(2)8-4-3-7(9)5-8/h8-9H,5-7H2,1-4H3;8H,3-7H2,1-2H3,(H,11,13);8-9H,6-7H2,1-5H3;7-9H,5-6H2,1-4H3;8H,5-7H2,1-4H3;2*8,11H,4-7H2,1-3H3;7,10H,4-6H2,1-3H3;2*6-7,9H,3-5H2,1-2H3/t;;9-,10+;8-,9+;3*9-;8-;2*7-/m..0.110110/s1. The molecule has 11 rings (SSSR count). The minimum atomic E-state index is -0.618. The van der Waals surface area contributed by atoms with Crippen molar-refractivity contribution in [3.63, 3.8) is 0 Å². The second kappa shape index (κ2) is 49.4. The molecule has 12 atom stereocenters. The van der Waals surface area contributed by atoms with Crippen LogP contribution < -0.4 is 5.32 Å². The van der Waals surface area contributed by atoms with Gasteiger partial charge in [-0.15, -0.1) is 0 Å². The number of nitrogens with one attached hydrogen (secondary N) is 1. The first-order valence-corrected chi connectivity index (χ1v) is 43.8. The fraction of sp³-hybridized carbons (Fsp3) is 0.989. The number of likely N-dealkylation sites (tertiary alicyclic amines) is 10. The number of β-amino-alcohol motifs (C(OH)–C–C–N with tert-alkyl or cyclic N) is 5. The number of halogens is 1. The predicted octanol–water partition coefficient (Wildman–Crippen LogP) is 10.7. The van der Waals surface area contributed by atoms with Crippen molar-refractivity contribution in [3.8, 4) is 0 Å². The number of carbonyl (C=O) groups excluding carboxylic acids is 1. The van der Waals surface area contributed by atoms with Crippen LogP contribution >= 0.6 is 0 Å². The Morgan fingerprint density at radius 3 is 0.991 bits per heavy atom. The van der Waals surface area contributed by atoms with E-state index in [1.165, 1.54) is 13.0 Å². The molecule has 0 aromatic rings. The second-order valence-electron chi connectivity index (χ2n) is 39.4. The topological polar surface area (TPSA) is 209 Å².